The van der Waals surface area contributed by atoms with Crippen molar-refractivity contribution in [2.24, 2.45) is 7.05 Å². The Labute approximate surface area is 151 Å². The highest BCUT2D eigenvalue weighted by Gasteiger charge is 2.27. The molecule has 25 heavy (non-hydrogen) atoms. The summed E-state index contributed by atoms with van der Waals surface area (Å²) in [4.78, 5) is 0. The molecule has 2 aromatic rings. The van der Waals surface area contributed by atoms with E-state index in [2.05, 4.69) is 101 Å². The molecule has 128 valence electrons. The maximum Gasteiger partial charge on any atom is 0.0488 e. The maximum absolute atomic E-state index is 4.03. The minimum atomic E-state index is -0.0279. The van der Waals surface area contributed by atoms with Gasteiger partial charge in [0.25, 0.3) is 0 Å². The summed E-state index contributed by atoms with van der Waals surface area (Å²) in [5.74, 6) is 0. The number of aromatic nitrogens is 1. The molecule has 0 unspecified atom stereocenters. The monoisotopic (exact) mass is 329 g/mol. The number of hydrogen-bond acceptors (Lipinski definition) is 0. The molecule has 0 fully saturated rings. The average Bonchev–Trinajstić information content (AvgIpc) is 2.85. The number of nitrogens with zero attached hydrogens (tertiary/aromatic N) is 1. The van der Waals surface area contributed by atoms with Gasteiger partial charge in [0.15, 0.2) is 0 Å². The summed E-state index contributed by atoms with van der Waals surface area (Å²) in [5, 5.41) is 0. The Morgan fingerprint density at radius 1 is 1.12 bits per heavy atom. The molecule has 0 amide bonds. The summed E-state index contributed by atoms with van der Waals surface area (Å²) in [6.07, 6.45) is 13.1. The van der Waals surface area contributed by atoms with Crippen LogP contribution in [0, 0.1) is 0 Å². The quantitative estimate of drug-likeness (QED) is 0.587. The highest BCUT2D eigenvalue weighted by atomic mass is 15.0. The van der Waals surface area contributed by atoms with E-state index in [4.69, 9.17) is 0 Å². The fourth-order valence-electron chi connectivity index (χ4n) is 3.70. The lowest BCUT2D eigenvalue weighted by Gasteiger charge is -2.28. The van der Waals surface area contributed by atoms with Crippen molar-refractivity contribution in [3.63, 3.8) is 0 Å². The zero-order valence-corrected chi connectivity index (χ0v) is 15.9. The smallest absolute Gasteiger partial charge is 0.0488 e. The fourth-order valence-corrected chi connectivity index (χ4v) is 3.70. The summed E-state index contributed by atoms with van der Waals surface area (Å²) in [6, 6.07) is 8.70. The molecule has 0 atom stereocenters. The van der Waals surface area contributed by atoms with E-state index in [1.54, 1.807) is 0 Å². The first-order valence-corrected chi connectivity index (χ1v) is 8.86. The molecule has 1 aliphatic rings. The van der Waals surface area contributed by atoms with Crippen LogP contribution in [-0.4, -0.2) is 4.57 Å². The van der Waals surface area contributed by atoms with Crippen LogP contribution in [0.5, 0.6) is 0 Å². The van der Waals surface area contributed by atoms with Crippen molar-refractivity contribution in [2.75, 3.05) is 0 Å². The molecule has 0 aliphatic heterocycles. The predicted molar refractivity (Wildman–Crippen MR) is 112 cm³/mol. The van der Waals surface area contributed by atoms with E-state index in [1.807, 2.05) is 6.08 Å². The van der Waals surface area contributed by atoms with Gasteiger partial charge < -0.3 is 4.57 Å². The van der Waals surface area contributed by atoms with Crippen LogP contribution >= 0.6 is 0 Å². The summed E-state index contributed by atoms with van der Waals surface area (Å²) in [5.41, 5.74) is 8.85. The molecular formula is C24H27N. The summed E-state index contributed by atoms with van der Waals surface area (Å²) in [6.45, 7) is 13.0. The summed E-state index contributed by atoms with van der Waals surface area (Å²) >= 11 is 0. The summed E-state index contributed by atoms with van der Waals surface area (Å²) < 4.78 is 2.24. The highest BCUT2D eigenvalue weighted by Crippen LogP contribution is 2.39. The number of benzene rings is 1. The molecule has 1 nitrogen and oxygen atoms in total. The van der Waals surface area contributed by atoms with Crippen molar-refractivity contribution in [2.45, 2.75) is 33.1 Å². The summed E-state index contributed by atoms with van der Waals surface area (Å²) in [7, 11) is 2.12. The van der Waals surface area contributed by atoms with Crippen molar-refractivity contribution in [3.05, 3.63) is 76.1 Å². The van der Waals surface area contributed by atoms with Crippen LogP contribution in [0.2, 0.25) is 0 Å². The molecule has 1 aromatic carbocycles. The topological polar surface area (TPSA) is 4.93 Å². The molecule has 1 heteroatoms. The second-order valence-corrected chi connectivity index (χ2v) is 7.23. The first-order chi connectivity index (χ1) is 11.9. The van der Waals surface area contributed by atoms with Gasteiger partial charge in [0.1, 0.15) is 0 Å². The first kappa shape index (κ1) is 17.3. The van der Waals surface area contributed by atoms with Gasteiger partial charge in [-0.2, -0.15) is 0 Å². The van der Waals surface area contributed by atoms with Gasteiger partial charge in [-0.25, -0.2) is 0 Å². The molecular weight excluding hydrogens is 302 g/mol. The van der Waals surface area contributed by atoms with Crippen LogP contribution in [-0.2, 0) is 12.5 Å². The molecule has 0 saturated carbocycles. The van der Waals surface area contributed by atoms with E-state index >= 15 is 0 Å². The third kappa shape index (κ3) is 2.74. The normalized spacial score (nSPS) is 17.9. The lowest BCUT2D eigenvalue weighted by atomic mass is 9.76. The molecule has 3 rings (SSSR count). The van der Waals surface area contributed by atoms with E-state index in [0.717, 1.165) is 5.69 Å². The van der Waals surface area contributed by atoms with Crippen LogP contribution in [0.1, 0.15) is 61.3 Å². The van der Waals surface area contributed by atoms with Crippen LogP contribution < -0.4 is 0 Å². The zero-order chi connectivity index (χ0) is 18.2. The van der Waals surface area contributed by atoms with E-state index in [0.29, 0.717) is 0 Å². The van der Waals surface area contributed by atoms with Gasteiger partial charge in [-0.1, -0.05) is 74.6 Å². The molecule has 1 aromatic heterocycles. The fraction of sp³-hybridized carbons (Fsp3) is 0.250. The van der Waals surface area contributed by atoms with Crippen molar-refractivity contribution in [3.8, 4) is 0 Å². The average molecular weight is 329 g/mol. The predicted octanol–water partition coefficient (Wildman–Crippen LogP) is 6.57. The van der Waals surface area contributed by atoms with Crippen LogP contribution in [0.4, 0.5) is 0 Å². The second kappa shape index (κ2) is 6.40. The number of fused-ring (bicyclic) bond motifs is 2. The third-order valence-electron chi connectivity index (χ3n) is 5.49. The Hall–Kier alpha value is -2.54. The van der Waals surface area contributed by atoms with Gasteiger partial charge >= 0.3 is 0 Å². The van der Waals surface area contributed by atoms with Gasteiger partial charge in [-0.3, -0.25) is 0 Å². The van der Waals surface area contributed by atoms with Crippen molar-refractivity contribution >= 4 is 30.4 Å². The van der Waals surface area contributed by atoms with E-state index in [1.165, 1.54) is 33.5 Å². The van der Waals surface area contributed by atoms with E-state index < -0.39 is 0 Å². The molecule has 0 N–H and O–H groups in total. The SMILES string of the molecule is C=Cc1c(/C=C\C)c2c(n1C)C=Cc1ccccc1C(C)(C)/C(C)=C/2. The number of hydrogen-bond donors (Lipinski definition) is 0. The lowest BCUT2D eigenvalue weighted by molar-refractivity contribution is 0.627. The lowest BCUT2D eigenvalue weighted by Crippen LogP contribution is -2.19. The Kier molecular flexibility index (Phi) is 4.43. The van der Waals surface area contributed by atoms with Crippen LogP contribution in [0.15, 0.2) is 42.5 Å². The second-order valence-electron chi connectivity index (χ2n) is 7.23. The van der Waals surface area contributed by atoms with Crippen molar-refractivity contribution < 1.29 is 0 Å². The first-order valence-electron chi connectivity index (χ1n) is 8.86. The molecule has 0 saturated heterocycles. The molecule has 0 spiro atoms. The molecule has 0 bridgehead atoms. The Morgan fingerprint density at radius 3 is 2.52 bits per heavy atom. The van der Waals surface area contributed by atoms with Gasteiger partial charge in [0.2, 0.25) is 0 Å². The van der Waals surface area contributed by atoms with Gasteiger partial charge in [0, 0.05) is 35.0 Å². The van der Waals surface area contributed by atoms with Crippen LogP contribution in [0.25, 0.3) is 30.4 Å². The number of rotatable bonds is 2. The molecule has 1 heterocycles. The minimum Gasteiger partial charge on any atom is -0.344 e. The highest BCUT2D eigenvalue weighted by molar-refractivity contribution is 5.85. The molecule has 1 aliphatic carbocycles. The van der Waals surface area contributed by atoms with Gasteiger partial charge in [-0.15, -0.1) is 0 Å². The Balaban J connectivity index is 2.40. The Morgan fingerprint density at radius 2 is 1.84 bits per heavy atom. The Bertz CT molecular complexity index is 914. The van der Waals surface area contributed by atoms with Crippen molar-refractivity contribution in [1.82, 2.24) is 4.57 Å². The van der Waals surface area contributed by atoms with E-state index in [-0.39, 0.29) is 5.41 Å². The van der Waals surface area contributed by atoms with Crippen molar-refractivity contribution in [1.29, 1.82) is 0 Å². The standard InChI is InChI=1S/C24H27N/c1-7-11-19-20-16-17(3)24(4,5)21-13-10-9-12-18(21)14-15-23(20)25(6)22(19)8-2/h7-16H,2H2,1,3-6H3/b11-7-,15-14?,17-16+. The largest absolute Gasteiger partial charge is 0.344 e. The van der Waals surface area contributed by atoms with Gasteiger partial charge in [0.05, 0.1) is 0 Å². The zero-order valence-electron chi connectivity index (χ0n) is 15.9. The minimum absolute atomic E-state index is 0.0279. The van der Waals surface area contributed by atoms with E-state index in [9.17, 15) is 0 Å². The van der Waals surface area contributed by atoms with Crippen LogP contribution in [0.3, 0.4) is 0 Å². The maximum atomic E-state index is 4.03. The number of allylic oxidation sites excluding steroid dienone is 2. The third-order valence-corrected chi connectivity index (χ3v) is 5.49. The van der Waals surface area contributed by atoms with Gasteiger partial charge in [-0.05, 0) is 37.1 Å². The molecule has 0 radical (unpaired) electrons.